The predicted molar refractivity (Wildman–Crippen MR) is 97.2 cm³/mol. The van der Waals surface area contributed by atoms with Crippen molar-refractivity contribution in [2.45, 2.75) is 45.6 Å². The third-order valence-electron chi connectivity index (χ3n) is 5.94. The molecule has 1 aromatic rings. The lowest BCUT2D eigenvalue weighted by atomic mass is 9.79. The molecule has 4 nitrogen and oxygen atoms in total. The van der Waals surface area contributed by atoms with Crippen molar-refractivity contribution in [3.63, 3.8) is 0 Å². The smallest absolute Gasteiger partial charge is 0.312 e. The van der Waals surface area contributed by atoms with E-state index in [0.717, 1.165) is 58.4 Å². The maximum Gasteiger partial charge on any atom is 0.312 e. The van der Waals surface area contributed by atoms with Gasteiger partial charge in [0, 0.05) is 44.8 Å². The molecule has 132 valence electrons. The summed E-state index contributed by atoms with van der Waals surface area (Å²) in [6.07, 6.45) is 3.79. The van der Waals surface area contributed by atoms with Gasteiger partial charge in [-0.25, -0.2) is 0 Å². The zero-order valence-electron chi connectivity index (χ0n) is 15.0. The van der Waals surface area contributed by atoms with Crippen LogP contribution in [0, 0.1) is 5.41 Å². The number of carbonyl (C=O) groups excluding carboxylic acids is 1. The van der Waals surface area contributed by atoms with Crippen LogP contribution < -0.4 is 4.90 Å². The first kappa shape index (κ1) is 17.3. The summed E-state index contributed by atoms with van der Waals surface area (Å²) >= 11 is 0. The molecule has 2 saturated heterocycles. The van der Waals surface area contributed by atoms with Crippen LogP contribution in [-0.4, -0.2) is 49.7 Å². The molecule has 24 heavy (non-hydrogen) atoms. The zero-order valence-corrected chi connectivity index (χ0v) is 15.0. The lowest BCUT2D eigenvalue weighted by Gasteiger charge is -2.36. The van der Waals surface area contributed by atoms with Crippen molar-refractivity contribution in [3.8, 4) is 0 Å². The van der Waals surface area contributed by atoms with Crippen LogP contribution in [0.4, 0.5) is 5.69 Å². The van der Waals surface area contributed by atoms with Crippen molar-refractivity contribution in [1.29, 1.82) is 0 Å². The molecule has 0 bridgehead atoms. The monoisotopic (exact) mass is 330 g/mol. The van der Waals surface area contributed by atoms with Crippen molar-refractivity contribution in [2.24, 2.45) is 5.41 Å². The Kier molecular flexibility index (Phi) is 5.44. The third kappa shape index (κ3) is 3.59. The predicted octanol–water partition coefficient (Wildman–Crippen LogP) is 3.32. The van der Waals surface area contributed by atoms with Crippen molar-refractivity contribution in [3.05, 3.63) is 30.3 Å². The number of carbonyl (C=O) groups is 1. The first-order valence-corrected chi connectivity index (χ1v) is 9.40. The van der Waals surface area contributed by atoms with Crippen molar-refractivity contribution in [2.75, 3.05) is 37.6 Å². The zero-order chi connectivity index (χ0) is 17.0. The highest BCUT2D eigenvalue weighted by Crippen LogP contribution is 2.41. The summed E-state index contributed by atoms with van der Waals surface area (Å²) in [5.74, 6) is 0.0337. The normalized spacial score (nSPS) is 24.2. The summed E-state index contributed by atoms with van der Waals surface area (Å²) in [5.41, 5.74) is 1.11. The Morgan fingerprint density at radius 3 is 2.33 bits per heavy atom. The molecular formula is C20H30N2O2. The van der Waals surface area contributed by atoms with Gasteiger partial charge in [-0.2, -0.15) is 0 Å². The number of piperazine rings is 1. The molecule has 2 heterocycles. The highest BCUT2D eigenvalue weighted by atomic mass is 16.6. The first-order chi connectivity index (χ1) is 11.7. The second-order valence-corrected chi connectivity index (χ2v) is 7.17. The van der Waals surface area contributed by atoms with E-state index in [1.165, 1.54) is 5.69 Å². The number of rotatable bonds is 6. The number of para-hydroxylation sites is 1. The number of nitrogens with zero attached hydrogens (tertiary/aromatic N) is 2. The minimum atomic E-state index is -0.212. The molecule has 0 amide bonds. The van der Waals surface area contributed by atoms with Crippen LogP contribution in [0.2, 0.25) is 0 Å². The Morgan fingerprint density at radius 1 is 1.08 bits per heavy atom. The number of hydrogen-bond donors (Lipinski definition) is 0. The summed E-state index contributed by atoms with van der Waals surface area (Å²) < 4.78 is 5.66. The topological polar surface area (TPSA) is 32.8 Å². The van der Waals surface area contributed by atoms with E-state index in [0.29, 0.717) is 0 Å². The fourth-order valence-corrected chi connectivity index (χ4v) is 4.02. The van der Waals surface area contributed by atoms with E-state index in [1.54, 1.807) is 0 Å². The van der Waals surface area contributed by atoms with Gasteiger partial charge >= 0.3 is 5.97 Å². The van der Waals surface area contributed by atoms with Crippen LogP contribution in [0.15, 0.2) is 30.3 Å². The first-order valence-electron chi connectivity index (χ1n) is 9.40. The van der Waals surface area contributed by atoms with E-state index in [-0.39, 0.29) is 17.5 Å². The molecule has 0 aliphatic carbocycles. The number of hydrogen-bond acceptors (Lipinski definition) is 4. The molecule has 0 aromatic heterocycles. The van der Waals surface area contributed by atoms with Crippen LogP contribution in [0.25, 0.3) is 0 Å². The third-order valence-corrected chi connectivity index (χ3v) is 5.94. The van der Waals surface area contributed by atoms with Crippen LogP contribution in [0.3, 0.4) is 0 Å². The maximum absolute atomic E-state index is 12.2. The Balaban J connectivity index is 1.44. The molecule has 0 saturated carbocycles. The van der Waals surface area contributed by atoms with Crippen LogP contribution in [-0.2, 0) is 9.53 Å². The standard InChI is InChI=1S/C20H30N2O2/c1-3-20(4-2)16-18(24-19(20)23)10-11-21-12-14-22(15-13-21)17-8-6-5-7-9-17/h5-9,18H,3-4,10-16H2,1-2H3/t18-/m1/s1. The van der Waals surface area contributed by atoms with Crippen LogP contribution in [0.5, 0.6) is 0 Å². The minimum Gasteiger partial charge on any atom is -0.462 e. The van der Waals surface area contributed by atoms with Crippen LogP contribution >= 0.6 is 0 Å². The lowest BCUT2D eigenvalue weighted by molar-refractivity contribution is -0.149. The van der Waals surface area contributed by atoms with Crippen LogP contribution in [0.1, 0.15) is 39.5 Å². The molecule has 4 heteroatoms. The van der Waals surface area contributed by atoms with E-state index in [4.69, 9.17) is 4.74 Å². The van der Waals surface area contributed by atoms with Gasteiger partial charge < -0.3 is 9.64 Å². The van der Waals surface area contributed by atoms with Crippen molar-refractivity contribution >= 4 is 11.7 Å². The lowest BCUT2D eigenvalue weighted by Crippen LogP contribution is -2.47. The van der Waals surface area contributed by atoms with E-state index in [1.807, 2.05) is 0 Å². The SMILES string of the molecule is CCC1(CC)C[C@@H](CCN2CCN(c3ccccc3)CC2)OC1=O. The van der Waals surface area contributed by atoms with Gasteiger partial charge in [-0.05, 0) is 31.4 Å². The van der Waals surface area contributed by atoms with E-state index in [9.17, 15) is 4.79 Å². The number of esters is 1. The molecule has 0 unspecified atom stereocenters. The molecule has 1 aromatic carbocycles. The van der Waals surface area contributed by atoms with E-state index < -0.39 is 0 Å². The Bertz CT molecular complexity index is 534. The van der Waals surface area contributed by atoms with Crippen molar-refractivity contribution in [1.82, 2.24) is 4.90 Å². The number of benzene rings is 1. The molecule has 0 N–H and O–H groups in total. The van der Waals surface area contributed by atoms with Gasteiger partial charge in [0.05, 0.1) is 5.41 Å². The minimum absolute atomic E-state index is 0.0337. The maximum atomic E-state index is 12.2. The van der Waals surface area contributed by atoms with Crippen molar-refractivity contribution < 1.29 is 9.53 Å². The molecule has 2 fully saturated rings. The van der Waals surface area contributed by atoms with Gasteiger partial charge in [0.1, 0.15) is 6.10 Å². The molecule has 0 spiro atoms. The molecule has 0 radical (unpaired) electrons. The summed E-state index contributed by atoms with van der Waals surface area (Å²) in [7, 11) is 0. The highest BCUT2D eigenvalue weighted by molar-refractivity contribution is 5.78. The van der Waals surface area contributed by atoms with Gasteiger partial charge in [0.2, 0.25) is 0 Å². The highest BCUT2D eigenvalue weighted by Gasteiger charge is 2.46. The average Bonchev–Trinajstić information content (AvgIpc) is 2.97. The second-order valence-electron chi connectivity index (χ2n) is 7.17. The van der Waals surface area contributed by atoms with E-state index >= 15 is 0 Å². The molecule has 2 aliphatic rings. The average molecular weight is 330 g/mol. The molecular weight excluding hydrogens is 300 g/mol. The van der Waals surface area contributed by atoms with Gasteiger partial charge in [-0.15, -0.1) is 0 Å². The van der Waals surface area contributed by atoms with Gasteiger partial charge in [0.25, 0.3) is 0 Å². The van der Waals surface area contributed by atoms with Gasteiger partial charge in [0.15, 0.2) is 0 Å². The van der Waals surface area contributed by atoms with Gasteiger partial charge in [-0.3, -0.25) is 9.69 Å². The Hall–Kier alpha value is -1.55. The fraction of sp³-hybridized carbons (Fsp3) is 0.650. The van der Waals surface area contributed by atoms with Gasteiger partial charge in [-0.1, -0.05) is 32.0 Å². The number of anilines is 1. The summed E-state index contributed by atoms with van der Waals surface area (Å²) in [6.45, 7) is 9.56. The largest absolute Gasteiger partial charge is 0.462 e. The number of cyclic esters (lactones) is 1. The Morgan fingerprint density at radius 2 is 1.75 bits per heavy atom. The number of ether oxygens (including phenoxy) is 1. The molecule has 3 rings (SSSR count). The fourth-order valence-electron chi connectivity index (χ4n) is 4.02. The molecule has 1 atom stereocenters. The second kappa shape index (κ2) is 7.56. The quantitative estimate of drug-likeness (QED) is 0.749. The Labute approximate surface area is 145 Å². The summed E-state index contributed by atoms with van der Waals surface area (Å²) in [6, 6.07) is 10.6. The molecule has 2 aliphatic heterocycles. The van der Waals surface area contributed by atoms with E-state index in [2.05, 4.69) is 54.0 Å². The summed E-state index contributed by atoms with van der Waals surface area (Å²) in [4.78, 5) is 17.1. The summed E-state index contributed by atoms with van der Waals surface area (Å²) in [5, 5.41) is 0.